The summed E-state index contributed by atoms with van der Waals surface area (Å²) in [6.45, 7) is 2.20. The Kier molecular flexibility index (Phi) is 2.54. The van der Waals surface area contributed by atoms with E-state index in [2.05, 4.69) is 5.32 Å². The SMILES string of the molecule is CC(C)(F)C(=O)N[C@H]1C[C@@H]1C(F)F. The van der Waals surface area contributed by atoms with Gasteiger partial charge >= 0.3 is 0 Å². The highest BCUT2D eigenvalue weighted by atomic mass is 19.3. The standard InChI is InChI=1S/C8H12F3NO/c1-8(2,11)7(13)12-5-3-4(5)6(9)10/h4-6H,3H2,1-2H3,(H,12,13)/t4-,5-/m0/s1. The molecule has 0 heterocycles. The molecule has 1 amide bonds. The average molecular weight is 195 g/mol. The Hall–Kier alpha value is -0.740. The van der Waals surface area contributed by atoms with E-state index in [9.17, 15) is 18.0 Å². The number of nitrogens with one attached hydrogen (secondary N) is 1. The Morgan fingerprint density at radius 3 is 2.38 bits per heavy atom. The lowest BCUT2D eigenvalue weighted by Gasteiger charge is -2.13. The first kappa shape index (κ1) is 10.3. The minimum Gasteiger partial charge on any atom is -0.350 e. The summed E-state index contributed by atoms with van der Waals surface area (Å²) in [5.41, 5.74) is -1.99. The summed E-state index contributed by atoms with van der Waals surface area (Å²) in [5, 5.41) is 2.23. The van der Waals surface area contributed by atoms with Crippen molar-refractivity contribution in [3.05, 3.63) is 0 Å². The Labute approximate surface area is 74.5 Å². The van der Waals surface area contributed by atoms with Gasteiger partial charge in [-0.1, -0.05) is 0 Å². The molecule has 2 nitrogen and oxygen atoms in total. The second-order valence-electron chi connectivity index (χ2n) is 3.79. The van der Waals surface area contributed by atoms with E-state index in [-0.39, 0.29) is 6.42 Å². The molecule has 0 bridgehead atoms. The maximum absolute atomic E-state index is 12.9. The van der Waals surface area contributed by atoms with Crippen LogP contribution in [0.3, 0.4) is 0 Å². The smallest absolute Gasteiger partial charge is 0.257 e. The molecule has 1 rings (SSSR count). The van der Waals surface area contributed by atoms with E-state index in [4.69, 9.17) is 0 Å². The normalized spacial score (nSPS) is 27.5. The van der Waals surface area contributed by atoms with E-state index in [1.165, 1.54) is 0 Å². The first-order valence-electron chi connectivity index (χ1n) is 4.10. The van der Waals surface area contributed by atoms with E-state index in [1.54, 1.807) is 0 Å². The monoisotopic (exact) mass is 195 g/mol. The molecule has 5 heteroatoms. The largest absolute Gasteiger partial charge is 0.350 e. The summed E-state index contributed by atoms with van der Waals surface area (Å²) in [6.07, 6.45) is -2.17. The number of alkyl halides is 3. The fraction of sp³-hybridized carbons (Fsp3) is 0.875. The van der Waals surface area contributed by atoms with E-state index < -0.39 is 30.0 Å². The van der Waals surface area contributed by atoms with Gasteiger partial charge in [0.1, 0.15) is 0 Å². The molecule has 0 radical (unpaired) electrons. The van der Waals surface area contributed by atoms with Gasteiger partial charge in [0.25, 0.3) is 5.91 Å². The molecular formula is C8H12F3NO. The summed E-state index contributed by atoms with van der Waals surface area (Å²) < 4.78 is 36.8. The van der Waals surface area contributed by atoms with Crippen molar-refractivity contribution in [2.75, 3.05) is 0 Å². The first-order chi connectivity index (χ1) is 5.82. The Bertz CT molecular complexity index is 212. The van der Waals surface area contributed by atoms with Crippen molar-refractivity contribution < 1.29 is 18.0 Å². The fourth-order valence-corrected chi connectivity index (χ4v) is 0.999. The molecule has 0 saturated heterocycles. The molecule has 1 aliphatic rings. The van der Waals surface area contributed by atoms with Gasteiger partial charge in [-0.15, -0.1) is 0 Å². The molecule has 0 aromatic carbocycles. The average Bonchev–Trinajstić information content (AvgIpc) is 2.64. The molecule has 1 N–H and O–H groups in total. The third kappa shape index (κ3) is 2.60. The van der Waals surface area contributed by atoms with Gasteiger partial charge in [-0.3, -0.25) is 4.79 Å². The maximum Gasteiger partial charge on any atom is 0.257 e. The molecular weight excluding hydrogens is 183 g/mol. The van der Waals surface area contributed by atoms with Crippen molar-refractivity contribution in [3.63, 3.8) is 0 Å². The molecule has 1 saturated carbocycles. The summed E-state index contributed by atoms with van der Waals surface area (Å²) in [6, 6.07) is -0.539. The topological polar surface area (TPSA) is 29.1 Å². The van der Waals surface area contributed by atoms with Crippen LogP contribution in [0.2, 0.25) is 0 Å². The van der Waals surface area contributed by atoms with Crippen LogP contribution in [0.1, 0.15) is 20.3 Å². The van der Waals surface area contributed by atoms with Crippen LogP contribution in [0.5, 0.6) is 0 Å². The lowest BCUT2D eigenvalue weighted by atomic mass is 10.1. The van der Waals surface area contributed by atoms with Gasteiger partial charge in [0.2, 0.25) is 6.43 Å². The van der Waals surface area contributed by atoms with Crippen LogP contribution in [0.25, 0.3) is 0 Å². The van der Waals surface area contributed by atoms with Crippen LogP contribution < -0.4 is 5.32 Å². The van der Waals surface area contributed by atoms with Gasteiger partial charge in [0.15, 0.2) is 5.67 Å². The van der Waals surface area contributed by atoms with Crippen LogP contribution in [0.15, 0.2) is 0 Å². The molecule has 13 heavy (non-hydrogen) atoms. The van der Waals surface area contributed by atoms with Crippen molar-refractivity contribution in [1.29, 1.82) is 0 Å². The quantitative estimate of drug-likeness (QED) is 0.726. The molecule has 1 fully saturated rings. The fourth-order valence-electron chi connectivity index (χ4n) is 0.999. The Morgan fingerprint density at radius 1 is 1.54 bits per heavy atom. The predicted molar refractivity (Wildman–Crippen MR) is 41.2 cm³/mol. The molecule has 0 aromatic heterocycles. The number of carbonyl (C=O) groups excluding carboxylic acids is 1. The molecule has 0 aliphatic heterocycles. The second kappa shape index (κ2) is 3.20. The highest BCUT2D eigenvalue weighted by Crippen LogP contribution is 2.36. The van der Waals surface area contributed by atoms with E-state index in [1.807, 2.05) is 0 Å². The zero-order valence-corrected chi connectivity index (χ0v) is 7.48. The van der Waals surface area contributed by atoms with Crippen LogP contribution >= 0.6 is 0 Å². The van der Waals surface area contributed by atoms with Gasteiger partial charge in [0, 0.05) is 12.0 Å². The number of halogens is 3. The third-order valence-corrected chi connectivity index (χ3v) is 2.02. The number of hydrogen-bond acceptors (Lipinski definition) is 1. The molecule has 0 unspecified atom stereocenters. The molecule has 0 aromatic rings. The molecule has 76 valence electrons. The summed E-state index contributed by atoms with van der Waals surface area (Å²) >= 11 is 0. The van der Waals surface area contributed by atoms with Gasteiger partial charge in [-0.05, 0) is 20.3 Å². The predicted octanol–water partition coefficient (Wildman–Crippen LogP) is 1.50. The summed E-state index contributed by atoms with van der Waals surface area (Å²) in [7, 11) is 0. The minimum atomic E-state index is -2.42. The van der Waals surface area contributed by atoms with Crippen molar-refractivity contribution >= 4 is 5.91 Å². The van der Waals surface area contributed by atoms with Gasteiger partial charge < -0.3 is 5.32 Å². The van der Waals surface area contributed by atoms with E-state index >= 15 is 0 Å². The Morgan fingerprint density at radius 2 is 2.08 bits per heavy atom. The van der Waals surface area contributed by atoms with Gasteiger partial charge in [-0.2, -0.15) is 0 Å². The zero-order valence-electron chi connectivity index (χ0n) is 7.48. The van der Waals surface area contributed by atoms with Gasteiger partial charge in [0.05, 0.1) is 0 Å². The van der Waals surface area contributed by atoms with Crippen molar-refractivity contribution in [1.82, 2.24) is 5.32 Å². The maximum atomic E-state index is 12.9. The highest BCUT2D eigenvalue weighted by Gasteiger charge is 2.46. The van der Waals surface area contributed by atoms with Crippen LogP contribution in [0.4, 0.5) is 13.2 Å². The first-order valence-corrected chi connectivity index (χ1v) is 4.10. The number of rotatable bonds is 3. The summed E-state index contributed by atoms with van der Waals surface area (Å²) in [4.78, 5) is 11.0. The van der Waals surface area contributed by atoms with Crippen LogP contribution in [-0.4, -0.2) is 24.0 Å². The lowest BCUT2D eigenvalue weighted by Crippen LogP contribution is -2.40. The van der Waals surface area contributed by atoms with Crippen LogP contribution in [0, 0.1) is 5.92 Å². The zero-order chi connectivity index (χ0) is 10.2. The van der Waals surface area contributed by atoms with E-state index in [0.717, 1.165) is 13.8 Å². The summed E-state index contributed by atoms with van der Waals surface area (Å²) in [5.74, 6) is -1.60. The van der Waals surface area contributed by atoms with E-state index in [0.29, 0.717) is 0 Å². The second-order valence-corrected chi connectivity index (χ2v) is 3.79. The lowest BCUT2D eigenvalue weighted by molar-refractivity contribution is -0.131. The number of amides is 1. The minimum absolute atomic E-state index is 0.249. The van der Waals surface area contributed by atoms with Crippen molar-refractivity contribution in [2.24, 2.45) is 5.92 Å². The van der Waals surface area contributed by atoms with Gasteiger partial charge in [-0.25, -0.2) is 13.2 Å². The molecule has 0 spiro atoms. The third-order valence-electron chi connectivity index (χ3n) is 2.02. The van der Waals surface area contributed by atoms with Crippen molar-refractivity contribution in [2.45, 2.75) is 38.4 Å². The van der Waals surface area contributed by atoms with Crippen molar-refractivity contribution in [3.8, 4) is 0 Å². The highest BCUT2D eigenvalue weighted by molar-refractivity contribution is 5.84. The number of carbonyl (C=O) groups is 1. The number of hydrogen-bond donors (Lipinski definition) is 1. The molecule has 1 aliphatic carbocycles. The van der Waals surface area contributed by atoms with Crippen LogP contribution in [-0.2, 0) is 4.79 Å². The molecule has 2 atom stereocenters. The Balaban J connectivity index is 2.33.